The first-order valence-corrected chi connectivity index (χ1v) is 5.70. The number of nitrogens with one attached hydrogen (secondary N) is 1. The van der Waals surface area contributed by atoms with Gasteiger partial charge in [0.1, 0.15) is 5.82 Å². The van der Waals surface area contributed by atoms with Gasteiger partial charge in [-0.3, -0.25) is 0 Å². The summed E-state index contributed by atoms with van der Waals surface area (Å²) in [5.74, 6) is -0.260. The van der Waals surface area contributed by atoms with Crippen LogP contribution >= 0.6 is 0 Å². The van der Waals surface area contributed by atoms with Gasteiger partial charge >= 0.3 is 0 Å². The molecule has 17 heavy (non-hydrogen) atoms. The lowest BCUT2D eigenvalue weighted by atomic mass is 10.1. The lowest BCUT2D eigenvalue weighted by Crippen LogP contribution is -2.37. The molecule has 2 N–H and O–H groups in total. The summed E-state index contributed by atoms with van der Waals surface area (Å²) in [6.45, 7) is 4.40. The van der Waals surface area contributed by atoms with Gasteiger partial charge in [-0.1, -0.05) is 12.1 Å². The average molecular weight is 240 g/mol. The Bertz CT molecular complexity index is 374. The quantitative estimate of drug-likeness (QED) is 0.823. The number of nitrogens with zero attached hydrogens (tertiary/aromatic N) is 1. The SMILES string of the molecule is CNCc1cccc(F)c1N(C)CC(C)(C)O. The Balaban J connectivity index is 3.02. The minimum atomic E-state index is -0.853. The summed E-state index contributed by atoms with van der Waals surface area (Å²) in [5, 5.41) is 12.8. The zero-order chi connectivity index (χ0) is 13.1. The molecule has 0 aliphatic carbocycles. The van der Waals surface area contributed by atoms with Crippen LogP contribution in [0.2, 0.25) is 0 Å². The minimum absolute atomic E-state index is 0.260. The lowest BCUT2D eigenvalue weighted by molar-refractivity contribution is 0.0884. The molecule has 0 saturated heterocycles. The van der Waals surface area contributed by atoms with Crippen molar-refractivity contribution in [3.63, 3.8) is 0 Å². The summed E-state index contributed by atoms with van der Waals surface area (Å²) in [7, 11) is 3.61. The number of para-hydroxylation sites is 1. The van der Waals surface area contributed by atoms with Crippen LogP contribution in [0.4, 0.5) is 10.1 Å². The van der Waals surface area contributed by atoms with Crippen molar-refractivity contribution in [1.82, 2.24) is 5.32 Å². The van der Waals surface area contributed by atoms with Crippen molar-refractivity contribution in [1.29, 1.82) is 0 Å². The van der Waals surface area contributed by atoms with E-state index in [1.807, 2.05) is 13.1 Å². The molecule has 0 unspecified atom stereocenters. The molecule has 0 bridgehead atoms. The second-order valence-corrected chi connectivity index (χ2v) is 4.95. The molecule has 0 fully saturated rings. The first-order valence-electron chi connectivity index (χ1n) is 5.70. The van der Waals surface area contributed by atoms with Gasteiger partial charge in [-0.25, -0.2) is 4.39 Å². The van der Waals surface area contributed by atoms with Gasteiger partial charge < -0.3 is 15.3 Å². The molecular formula is C13H21FN2O. The van der Waals surface area contributed by atoms with Gasteiger partial charge in [0.05, 0.1) is 11.3 Å². The zero-order valence-corrected chi connectivity index (χ0v) is 10.9. The van der Waals surface area contributed by atoms with E-state index in [0.29, 0.717) is 18.8 Å². The summed E-state index contributed by atoms with van der Waals surface area (Å²) in [6, 6.07) is 5.02. The molecule has 4 heteroatoms. The Kier molecular flexibility index (Phi) is 4.48. The number of halogens is 1. The molecule has 3 nitrogen and oxygen atoms in total. The van der Waals surface area contributed by atoms with Crippen LogP contribution in [0, 0.1) is 5.82 Å². The molecule has 1 aromatic carbocycles. The summed E-state index contributed by atoms with van der Waals surface area (Å²) in [5.41, 5.74) is 0.580. The van der Waals surface area contributed by atoms with E-state index in [-0.39, 0.29) is 5.82 Å². The molecule has 0 aliphatic heterocycles. The Morgan fingerprint density at radius 2 is 2.06 bits per heavy atom. The number of benzene rings is 1. The van der Waals surface area contributed by atoms with Crippen LogP contribution in [0.25, 0.3) is 0 Å². The fourth-order valence-corrected chi connectivity index (χ4v) is 1.98. The lowest BCUT2D eigenvalue weighted by Gasteiger charge is -2.29. The van der Waals surface area contributed by atoms with Crippen molar-refractivity contribution in [2.24, 2.45) is 0 Å². The topological polar surface area (TPSA) is 35.5 Å². The van der Waals surface area contributed by atoms with E-state index in [1.165, 1.54) is 6.07 Å². The van der Waals surface area contributed by atoms with E-state index >= 15 is 0 Å². The molecule has 0 saturated carbocycles. The van der Waals surface area contributed by atoms with E-state index in [9.17, 15) is 9.50 Å². The maximum Gasteiger partial charge on any atom is 0.146 e. The number of rotatable bonds is 5. The van der Waals surface area contributed by atoms with E-state index in [1.54, 1.807) is 31.9 Å². The van der Waals surface area contributed by atoms with Crippen molar-refractivity contribution in [2.45, 2.75) is 26.0 Å². The van der Waals surface area contributed by atoms with Crippen molar-refractivity contribution in [2.75, 3.05) is 25.5 Å². The molecule has 0 aromatic heterocycles. The Labute approximate surface area is 102 Å². The van der Waals surface area contributed by atoms with Crippen molar-refractivity contribution < 1.29 is 9.50 Å². The highest BCUT2D eigenvalue weighted by molar-refractivity contribution is 5.54. The minimum Gasteiger partial charge on any atom is -0.389 e. The third kappa shape index (κ3) is 3.98. The predicted molar refractivity (Wildman–Crippen MR) is 68.7 cm³/mol. The molecule has 0 atom stereocenters. The van der Waals surface area contributed by atoms with Gasteiger partial charge in [-0.2, -0.15) is 0 Å². The highest BCUT2D eigenvalue weighted by Crippen LogP contribution is 2.24. The molecule has 0 aliphatic rings. The smallest absolute Gasteiger partial charge is 0.146 e. The monoisotopic (exact) mass is 240 g/mol. The summed E-state index contributed by atoms with van der Waals surface area (Å²) in [6.07, 6.45) is 0. The maximum absolute atomic E-state index is 13.8. The molecule has 96 valence electrons. The molecule has 1 aromatic rings. The second kappa shape index (κ2) is 5.47. The third-order valence-corrected chi connectivity index (χ3v) is 2.44. The Hall–Kier alpha value is -1.13. The van der Waals surface area contributed by atoms with Gasteiger partial charge in [-0.15, -0.1) is 0 Å². The first kappa shape index (κ1) is 13.9. The first-order chi connectivity index (χ1) is 7.85. The van der Waals surface area contributed by atoms with Gasteiger partial charge in [0.25, 0.3) is 0 Å². The van der Waals surface area contributed by atoms with Crippen molar-refractivity contribution in [3.05, 3.63) is 29.6 Å². The van der Waals surface area contributed by atoms with Crippen molar-refractivity contribution >= 4 is 5.69 Å². The van der Waals surface area contributed by atoms with Gasteiger partial charge in [0.2, 0.25) is 0 Å². The summed E-state index contributed by atoms with van der Waals surface area (Å²) >= 11 is 0. The van der Waals surface area contributed by atoms with Crippen molar-refractivity contribution in [3.8, 4) is 0 Å². The zero-order valence-electron chi connectivity index (χ0n) is 10.9. The highest BCUT2D eigenvalue weighted by Gasteiger charge is 2.19. The second-order valence-electron chi connectivity index (χ2n) is 4.95. The number of hydrogen-bond donors (Lipinski definition) is 2. The highest BCUT2D eigenvalue weighted by atomic mass is 19.1. The Morgan fingerprint density at radius 3 is 2.59 bits per heavy atom. The van der Waals surface area contributed by atoms with Crippen LogP contribution in [0.5, 0.6) is 0 Å². The van der Waals surface area contributed by atoms with Crippen LogP contribution in [-0.2, 0) is 6.54 Å². The van der Waals surface area contributed by atoms with Gasteiger partial charge in [-0.05, 0) is 32.5 Å². The fourth-order valence-electron chi connectivity index (χ4n) is 1.98. The van der Waals surface area contributed by atoms with Crippen LogP contribution in [0.1, 0.15) is 19.4 Å². The fraction of sp³-hybridized carbons (Fsp3) is 0.538. The van der Waals surface area contributed by atoms with E-state index < -0.39 is 5.60 Å². The van der Waals surface area contributed by atoms with E-state index in [2.05, 4.69) is 5.32 Å². The third-order valence-electron chi connectivity index (χ3n) is 2.44. The van der Waals surface area contributed by atoms with Crippen LogP contribution < -0.4 is 10.2 Å². The molecule has 1 rings (SSSR count). The summed E-state index contributed by atoms with van der Waals surface area (Å²) < 4.78 is 13.8. The summed E-state index contributed by atoms with van der Waals surface area (Å²) in [4.78, 5) is 1.75. The number of anilines is 1. The molecule has 0 heterocycles. The maximum atomic E-state index is 13.8. The molecule has 0 amide bonds. The largest absolute Gasteiger partial charge is 0.389 e. The van der Waals surface area contributed by atoms with E-state index in [0.717, 1.165) is 5.56 Å². The van der Waals surface area contributed by atoms with Gasteiger partial charge in [0, 0.05) is 20.1 Å². The molecule has 0 spiro atoms. The average Bonchev–Trinajstić information content (AvgIpc) is 2.15. The Morgan fingerprint density at radius 1 is 1.41 bits per heavy atom. The van der Waals surface area contributed by atoms with Crippen LogP contribution in [0.3, 0.4) is 0 Å². The standard InChI is InChI=1S/C13H21FN2O/c1-13(2,17)9-16(4)12-10(8-15-3)6-5-7-11(12)14/h5-7,15,17H,8-9H2,1-4H3. The van der Waals surface area contributed by atoms with E-state index in [4.69, 9.17) is 0 Å². The number of likely N-dealkylation sites (N-methyl/N-ethyl adjacent to an activating group) is 1. The normalized spacial score (nSPS) is 11.6. The predicted octanol–water partition coefficient (Wildman–Crippen LogP) is 1.75. The van der Waals surface area contributed by atoms with Crippen LogP contribution in [-0.4, -0.2) is 31.3 Å². The number of aliphatic hydroxyl groups is 1. The number of hydrogen-bond acceptors (Lipinski definition) is 3. The molecular weight excluding hydrogens is 219 g/mol. The molecule has 0 radical (unpaired) electrons. The van der Waals surface area contributed by atoms with Gasteiger partial charge in [0.15, 0.2) is 0 Å². The van der Waals surface area contributed by atoms with Crippen LogP contribution in [0.15, 0.2) is 18.2 Å².